The number of carbonyl (C=O) groups excluding carboxylic acids is 1. The number of nitrogens with zero attached hydrogens (tertiary/aromatic N) is 4. The molecule has 12 heteroatoms. The standard InChI is InChI=1S/C18H17N5O6S/c24-18(16-12-15(19-20-16)17-5-2-10-29-17)21-6-8-22(9-7-21)30(27,28)14-4-1-3-13(11-14)23(25)26/h1-5,10-12H,6-9H2,(H,19,20). The molecule has 1 N–H and O–H groups in total. The smallest absolute Gasteiger partial charge is 0.274 e. The van der Waals surface area contributed by atoms with E-state index in [1.165, 1.54) is 33.7 Å². The van der Waals surface area contributed by atoms with E-state index in [9.17, 15) is 23.3 Å². The number of amides is 1. The van der Waals surface area contributed by atoms with Crippen molar-refractivity contribution in [1.82, 2.24) is 19.4 Å². The van der Waals surface area contributed by atoms with Gasteiger partial charge in [-0.2, -0.15) is 9.40 Å². The number of non-ortho nitro benzene ring substituents is 1. The Morgan fingerprint density at radius 3 is 2.57 bits per heavy atom. The molecule has 1 aliphatic heterocycles. The summed E-state index contributed by atoms with van der Waals surface area (Å²) in [5, 5.41) is 17.7. The fourth-order valence-corrected chi connectivity index (χ4v) is 4.65. The second-order valence-electron chi connectivity index (χ2n) is 6.59. The van der Waals surface area contributed by atoms with Crippen LogP contribution in [0.25, 0.3) is 11.5 Å². The maximum atomic E-state index is 12.8. The van der Waals surface area contributed by atoms with Crippen LogP contribution in [0.3, 0.4) is 0 Å². The van der Waals surface area contributed by atoms with Crippen molar-refractivity contribution in [3.05, 3.63) is 64.5 Å². The first kappa shape index (κ1) is 19.8. The Labute approximate surface area is 171 Å². The number of benzene rings is 1. The van der Waals surface area contributed by atoms with Gasteiger partial charge in [0.2, 0.25) is 10.0 Å². The van der Waals surface area contributed by atoms with E-state index in [0.29, 0.717) is 11.5 Å². The van der Waals surface area contributed by atoms with Crippen LogP contribution in [0.2, 0.25) is 0 Å². The molecular weight excluding hydrogens is 414 g/mol. The SMILES string of the molecule is O=C(c1cc(-c2ccco2)[nH]n1)N1CCN(S(=O)(=O)c2cccc([N+](=O)[O-])c2)CC1. The molecule has 3 heterocycles. The molecule has 2 aromatic heterocycles. The van der Waals surface area contributed by atoms with Crippen LogP contribution in [0.4, 0.5) is 5.69 Å². The van der Waals surface area contributed by atoms with E-state index in [-0.39, 0.29) is 48.4 Å². The van der Waals surface area contributed by atoms with Crippen molar-refractivity contribution in [2.24, 2.45) is 0 Å². The second kappa shape index (κ2) is 7.72. The number of nitro groups is 1. The molecule has 0 unspecified atom stereocenters. The number of sulfonamides is 1. The zero-order chi connectivity index (χ0) is 21.3. The highest BCUT2D eigenvalue weighted by atomic mass is 32.2. The van der Waals surface area contributed by atoms with Crippen LogP contribution >= 0.6 is 0 Å². The summed E-state index contributed by atoms with van der Waals surface area (Å²) >= 11 is 0. The Balaban J connectivity index is 1.44. The largest absolute Gasteiger partial charge is 0.463 e. The average Bonchev–Trinajstić information content (AvgIpc) is 3.45. The second-order valence-corrected chi connectivity index (χ2v) is 8.53. The minimum atomic E-state index is -3.90. The van der Waals surface area contributed by atoms with Crippen LogP contribution in [-0.4, -0.2) is 64.8 Å². The van der Waals surface area contributed by atoms with Gasteiger partial charge in [0, 0.05) is 44.4 Å². The van der Waals surface area contributed by atoms with E-state index in [2.05, 4.69) is 10.2 Å². The van der Waals surface area contributed by atoms with Crippen molar-refractivity contribution in [3.8, 4) is 11.5 Å². The van der Waals surface area contributed by atoms with E-state index >= 15 is 0 Å². The number of rotatable bonds is 5. The lowest BCUT2D eigenvalue weighted by molar-refractivity contribution is -0.385. The van der Waals surface area contributed by atoms with Crippen LogP contribution in [0, 0.1) is 10.1 Å². The van der Waals surface area contributed by atoms with Crippen LogP contribution < -0.4 is 0 Å². The molecule has 0 saturated carbocycles. The summed E-state index contributed by atoms with van der Waals surface area (Å²) in [6.07, 6.45) is 1.51. The number of nitrogens with one attached hydrogen (secondary N) is 1. The summed E-state index contributed by atoms with van der Waals surface area (Å²) < 4.78 is 32.1. The van der Waals surface area contributed by atoms with E-state index in [1.54, 1.807) is 18.2 Å². The van der Waals surface area contributed by atoms with Crippen LogP contribution in [0.5, 0.6) is 0 Å². The number of furan rings is 1. The monoisotopic (exact) mass is 431 g/mol. The lowest BCUT2D eigenvalue weighted by Crippen LogP contribution is -2.50. The molecule has 1 amide bonds. The van der Waals surface area contributed by atoms with Gasteiger partial charge in [0.25, 0.3) is 11.6 Å². The molecule has 0 bridgehead atoms. The third-order valence-electron chi connectivity index (χ3n) is 4.78. The average molecular weight is 431 g/mol. The van der Waals surface area contributed by atoms with Gasteiger partial charge in [-0.15, -0.1) is 0 Å². The minimum Gasteiger partial charge on any atom is -0.463 e. The normalized spacial score (nSPS) is 15.3. The molecule has 4 rings (SSSR count). The molecule has 0 radical (unpaired) electrons. The van der Waals surface area contributed by atoms with E-state index < -0.39 is 14.9 Å². The van der Waals surface area contributed by atoms with Gasteiger partial charge >= 0.3 is 0 Å². The zero-order valence-corrected chi connectivity index (χ0v) is 16.4. The number of carbonyl (C=O) groups is 1. The van der Waals surface area contributed by atoms with E-state index in [1.807, 2.05) is 0 Å². The Morgan fingerprint density at radius 1 is 1.13 bits per heavy atom. The van der Waals surface area contributed by atoms with Crippen molar-refractivity contribution >= 4 is 21.6 Å². The van der Waals surface area contributed by atoms with Gasteiger partial charge < -0.3 is 9.32 Å². The Hall–Kier alpha value is -3.51. The van der Waals surface area contributed by atoms with Gasteiger partial charge in [-0.25, -0.2) is 8.42 Å². The molecule has 1 aliphatic rings. The quantitative estimate of drug-likeness (QED) is 0.479. The highest BCUT2D eigenvalue weighted by Crippen LogP contribution is 2.23. The first-order chi connectivity index (χ1) is 14.4. The van der Waals surface area contributed by atoms with Crippen LogP contribution in [-0.2, 0) is 10.0 Å². The molecule has 1 aromatic carbocycles. The van der Waals surface area contributed by atoms with E-state index in [4.69, 9.17) is 4.42 Å². The predicted molar refractivity (Wildman–Crippen MR) is 104 cm³/mol. The molecule has 0 aliphatic carbocycles. The van der Waals surface area contributed by atoms with E-state index in [0.717, 1.165) is 6.07 Å². The summed E-state index contributed by atoms with van der Waals surface area (Å²) in [6, 6.07) is 9.95. The molecule has 30 heavy (non-hydrogen) atoms. The number of hydrogen-bond donors (Lipinski definition) is 1. The van der Waals surface area contributed by atoms with Crippen molar-refractivity contribution in [2.75, 3.05) is 26.2 Å². The molecule has 156 valence electrons. The predicted octanol–water partition coefficient (Wildman–Crippen LogP) is 1.72. The number of nitro benzene ring substituents is 1. The molecular formula is C18H17N5O6S. The molecule has 1 saturated heterocycles. The molecule has 1 fully saturated rings. The number of aromatic nitrogens is 2. The number of aromatic amines is 1. The molecule has 3 aromatic rings. The zero-order valence-electron chi connectivity index (χ0n) is 15.6. The number of piperazine rings is 1. The topological polar surface area (TPSA) is 143 Å². The Kier molecular flexibility index (Phi) is 5.10. The highest BCUT2D eigenvalue weighted by molar-refractivity contribution is 7.89. The summed E-state index contributed by atoms with van der Waals surface area (Å²) in [5.74, 6) is 0.228. The molecule has 0 spiro atoms. The third kappa shape index (κ3) is 3.69. The molecule has 11 nitrogen and oxygen atoms in total. The van der Waals surface area contributed by atoms with Gasteiger partial charge in [-0.05, 0) is 18.2 Å². The van der Waals surface area contributed by atoms with Crippen molar-refractivity contribution < 1.29 is 22.6 Å². The van der Waals surface area contributed by atoms with Gasteiger partial charge in [0.15, 0.2) is 11.5 Å². The first-order valence-electron chi connectivity index (χ1n) is 8.99. The summed E-state index contributed by atoms with van der Waals surface area (Å²) in [4.78, 5) is 24.3. The van der Waals surface area contributed by atoms with Crippen molar-refractivity contribution in [1.29, 1.82) is 0 Å². The maximum Gasteiger partial charge on any atom is 0.274 e. The first-order valence-corrected chi connectivity index (χ1v) is 10.4. The highest BCUT2D eigenvalue weighted by Gasteiger charge is 2.32. The number of H-pyrrole nitrogens is 1. The fourth-order valence-electron chi connectivity index (χ4n) is 3.19. The van der Waals surface area contributed by atoms with Crippen LogP contribution in [0.1, 0.15) is 10.5 Å². The number of hydrogen-bond acceptors (Lipinski definition) is 7. The summed E-state index contributed by atoms with van der Waals surface area (Å²) in [7, 11) is -3.90. The van der Waals surface area contributed by atoms with Gasteiger partial charge in [0.05, 0.1) is 16.1 Å². The van der Waals surface area contributed by atoms with Gasteiger partial charge in [-0.1, -0.05) is 6.07 Å². The van der Waals surface area contributed by atoms with Crippen molar-refractivity contribution in [3.63, 3.8) is 0 Å². The van der Waals surface area contributed by atoms with Gasteiger partial charge in [-0.3, -0.25) is 20.0 Å². The summed E-state index contributed by atoms with van der Waals surface area (Å²) in [6.45, 7) is 0.504. The maximum absolute atomic E-state index is 12.8. The Morgan fingerprint density at radius 2 is 1.90 bits per heavy atom. The minimum absolute atomic E-state index is 0.0756. The van der Waals surface area contributed by atoms with Gasteiger partial charge in [0.1, 0.15) is 5.69 Å². The lowest BCUT2D eigenvalue weighted by atomic mass is 10.2. The molecule has 0 atom stereocenters. The van der Waals surface area contributed by atoms with Crippen LogP contribution in [0.15, 0.2) is 58.0 Å². The lowest BCUT2D eigenvalue weighted by Gasteiger charge is -2.33. The summed E-state index contributed by atoms with van der Waals surface area (Å²) in [5.41, 5.74) is 0.474. The van der Waals surface area contributed by atoms with Crippen molar-refractivity contribution in [2.45, 2.75) is 4.90 Å². The Bertz CT molecular complexity index is 1180. The fraction of sp³-hybridized carbons (Fsp3) is 0.222. The third-order valence-corrected chi connectivity index (χ3v) is 6.67.